The molecule has 0 unspecified atom stereocenters. The smallest absolute Gasteiger partial charge is 0.251 e. The lowest BCUT2D eigenvalue weighted by Gasteiger charge is -2.08. The summed E-state index contributed by atoms with van der Waals surface area (Å²) in [4.78, 5) is 27.1. The Morgan fingerprint density at radius 3 is 2.78 bits per heavy atom. The highest BCUT2D eigenvalue weighted by atomic mass is 16.3. The van der Waals surface area contributed by atoms with Gasteiger partial charge in [-0.3, -0.25) is 9.59 Å². The third kappa shape index (κ3) is 4.14. The molecular formula is C12H17N3O3. The number of hydrogen-bond acceptors (Lipinski definition) is 4. The molecule has 0 radical (unpaired) electrons. The molecule has 0 saturated heterocycles. The first-order valence-electron chi connectivity index (χ1n) is 5.70. The largest absolute Gasteiger partial charge is 0.395 e. The molecule has 0 aromatic carbocycles. The van der Waals surface area contributed by atoms with Crippen LogP contribution in [0.4, 0.5) is 5.82 Å². The van der Waals surface area contributed by atoms with Crippen molar-refractivity contribution in [2.45, 2.75) is 13.8 Å². The molecule has 0 fully saturated rings. The first-order valence-corrected chi connectivity index (χ1v) is 5.70. The van der Waals surface area contributed by atoms with Crippen LogP contribution in [0, 0.1) is 5.92 Å². The standard InChI is InChI=1S/C12H17N3O3/c1-8(2)11(17)15-10-7-9(3-4-13-10)12(18)14-5-6-16/h3-4,7-8,16H,5-6H2,1-2H3,(H,14,18)(H,13,15,17). The van der Waals surface area contributed by atoms with E-state index in [-0.39, 0.29) is 30.9 Å². The molecule has 0 atom stereocenters. The van der Waals surface area contributed by atoms with Gasteiger partial charge in [0.1, 0.15) is 5.82 Å². The fourth-order valence-corrected chi connectivity index (χ4v) is 1.18. The van der Waals surface area contributed by atoms with Gasteiger partial charge in [-0.25, -0.2) is 4.98 Å². The number of carbonyl (C=O) groups excluding carboxylic acids is 2. The molecule has 0 saturated carbocycles. The molecule has 0 aliphatic carbocycles. The first-order chi connectivity index (χ1) is 8.54. The fourth-order valence-electron chi connectivity index (χ4n) is 1.18. The second kappa shape index (κ2) is 6.70. The second-order valence-corrected chi connectivity index (χ2v) is 4.05. The van der Waals surface area contributed by atoms with Crippen LogP contribution in [0.1, 0.15) is 24.2 Å². The van der Waals surface area contributed by atoms with E-state index < -0.39 is 0 Å². The zero-order chi connectivity index (χ0) is 13.5. The number of aromatic nitrogens is 1. The Kier molecular flexibility index (Phi) is 5.26. The number of nitrogens with zero attached hydrogens (tertiary/aromatic N) is 1. The van der Waals surface area contributed by atoms with Gasteiger partial charge in [-0.05, 0) is 12.1 Å². The summed E-state index contributed by atoms with van der Waals surface area (Å²) in [5.41, 5.74) is 0.387. The Balaban J connectivity index is 2.73. The monoisotopic (exact) mass is 251 g/mol. The summed E-state index contributed by atoms with van der Waals surface area (Å²) in [5, 5.41) is 13.7. The van der Waals surface area contributed by atoms with Crippen molar-refractivity contribution in [2.24, 2.45) is 5.92 Å². The predicted molar refractivity (Wildman–Crippen MR) is 67.1 cm³/mol. The first kappa shape index (κ1) is 14.1. The molecule has 6 heteroatoms. The molecule has 0 spiro atoms. The van der Waals surface area contributed by atoms with E-state index in [1.54, 1.807) is 13.8 Å². The normalized spacial score (nSPS) is 10.2. The molecule has 3 N–H and O–H groups in total. The van der Waals surface area contributed by atoms with Gasteiger partial charge in [-0.15, -0.1) is 0 Å². The van der Waals surface area contributed by atoms with Crippen LogP contribution in [0.2, 0.25) is 0 Å². The van der Waals surface area contributed by atoms with Gasteiger partial charge in [0.2, 0.25) is 5.91 Å². The van der Waals surface area contributed by atoms with E-state index in [4.69, 9.17) is 5.11 Å². The maximum Gasteiger partial charge on any atom is 0.251 e. The van der Waals surface area contributed by atoms with Gasteiger partial charge in [0.15, 0.2) is 0 Å². The van der Waals surface area contributed by atoms with Crippen LogP contribution in [0.15, 0.2) is 18.3 Å². The molecule has 1 rings (SSSR count). The van der Waals surface area contributed by atoms with Crippen LogP contribution < -0.4 is 10.6 Å². The lowest BCUT2D eigenvalue weighted by molar-refractivity contribution is -0.118. The molecule has 98 valence electrons. The lowest BCUT2D eigenvalue weighted by Crippen LogP contribution is -2.26. The summed E-state index contributed by atoms with van der Waals surface area (Å²) >= 11 is 0. The topological polar surface area (TPSA) is 91.3 Å². The van der Waals surface area contributed by atoms with Crippen molar-refractivity contribution in [1.29, 1.82) is 0 Å². The van der Waals surface area contributed by atoms with Gasteiger partial charge >= 0.3 is 0 Å². The minimum Gasteiger partial charge on any atom is -0.395 e. The Bertz CT molecular complexity index is 432. The van der Waals surface area contributed by atoms with Crippen molar-refractivity contribution in [2.75, 3.05) is 18.5 Å². The summed E-state index contributed by atoms with van der Waals surface area (Å²) in [7, 11) is 0. The highest BCUT2D eigenvalue weighted by Gasteiger charge is 2.10. The van der Waals surface area contributed by atoms with E-state index in [0.29, 0.717) is 11.4 Å². The minimum atomic E-state index is -0.313. The van der Waals surface area contributed by atoms with E-state index in [1.165, 1.54) is 18.3 Å². The summed E-state index contributed by atoms with van der Waals surface area (Å²) in [6, 6.07) is 3.03. The number of carbonyl (C=O) groups is 2. The number of nitrogens with one attached hydrogen (secondary N) is 2. The number of pyridine rings is 1. The van der Waals surface area contributed by atoms with Crippen LogP contribution in [0.3, 0.4) is 0 Å². The Morgan fingerprint density at radius 2 is 2.17 bits per heavy atom. The molecule has 0 bridgehead atoms. The van der Waals surface area contributed by atoms with E-state index in [2.05, 4.69) is 15.6 Å². The zero-order valence-corrected chi connectivity index (χ0v) is 10.4. The molecule has 2 amide bonds. The Labute approximate surface area is 105 Å². The zero-order valence-electron chi connectivity index (χ0n) is 10.4. The third-order valence-electron chi connectivity index (χ3n) is 2.20. The van der Waals surface area contributed by atoms with Gasteiger partial charge in [-0.1, -0.05) is 13.8 Å². The quantitative estimate of drug-likeness (QED) is 0.706. The van der Waals surface area contributed by atoms with Crippen LogP contribution in [-0.4, -0.2) is 35.1 Å². The van der Waals surface area contributed by atoms with Crippen molar-refractivity contribution in [3.8, 4) is 0 Å². The molecule has 18 heavy (non-hydrogen) atoms. The van der Waals surface area contributed by atoms with Crippen LogP contribution in [0.5, 0.6) is 0 Å². The van der Waals surface area contributed by atoms with Crippen molar-refractivity contribution >= 4 is 17.6 Å². The molecular weight excluding hydrogens is 234 g/mol. The average Bonchev–Trinajstić information content (AvgIpc) is 2.36. The van der Waals surface area contributed by atoms with Crippen molar-refractivity contribution in [3.05, 3.63) is 23.9 Å². The summed E-state index contributed by atoms with van der Waals surface area (Å²) in [6.45, 7) is 3.61. The molecule has 1 heterocycles. The van der Waals surface area contributed by atoms with Crippen molar-refractivity contribution in [3.63, 3.8) is 0 Å². The van der Waals surface area contributed by atoms with Crippen LogP contribution >= 0.6 is 0 Å². The number of amides is 2. The van der Waals surface area contributed by atoms with Gasteiger partial charge in [0.25, 0.3) is 5.91 Å². The molecule has 0 aliphatic rings. The van der Waals surface area contributed by atoms with Crippen LogP contribution in [0.25, 0.3) is 0 Å². The number of anilines is 1. The summed E-state index contributed by atoms with van der Waals surface area (Å²) < 4.78 is 0. The molecule has 1 aromatic heterocycles. The highest BCUT2D eigenvalue weighted by molar-refractivity contribution is 5.96. The fraction of sp³-hybridized carbons (Fsp3) is 0.417. The molecule has 1 aromatic rings. The van der Waals surface area contributed by atoms with Gasteiger partial charge in [0.05, 0.1) is 6.61 Å². The van der Waals surface area contributed by atoms with E-state index in [0.717, 1.165) is 0 Å². The summed E-state index contributed by atoms with van der Waals surface area (Å²) in [5.74, 6) is -0.286. The van der Waals surface area contributed by atoms with E-state index >= 15 is 0 Å². The summed E-state index contributed by atoms with van der Waals surface area (Å²) in [6.07, 6.45) is 1.45. The third-order valence-corrected chi connectivity index (χ3v) is 2.20. The van der Waals surface area contributed by atoms with Gasteiger partial charge in [0, 0.05) is 24.2 Å². The van der Waals surface area contributed by atoms with E-state index in [9.17, 15) is 9.59 Å². The van der Waals surface area contributed by atoms with Gasteiger partial charge in [-0.2, -0.15) is 0 Å². The number of rotatable bonds is 5. The number of aliphatic hydroxyl groups excluding tert-OH is 1. The molecule has 6 nitrogen and oxygen atoms in total. The Morgan fingerprint density at radius 1 is 1.44 bits per heavy atom. The number of aliphatic hydroxyl groups is 1. The van der Waals surface area contributed by atoms with Crippen molar-refractivity contribution < 1.29 is 14.7 Å². The Hall–Kier alpha value is -1.95. The predicted octanol–water partition coefficient (Wildman–Crippen LogP) is 0.398. The lowest BCUT2D eigenvalue weighted by atomic mass is 10.2. The van der Waals surface area contributed by atoms with Gasteiger partial charge < -0.3 is 15.7 Å². The number of hydrogen-bond donors (Lipinski definition) is 3. The SMILES string of the molecule is CC(C)C(=O)Nc1cc(C(=O)NCCO)ccn1. The average molecular weight is 251 g/mol. The van der Waals surface area contributed by atoms with Crippen LogP contribution in [-0.2, 0) is 4.79 Å². The van der Waals surface area contributed by atoms with E-state index in [1.807, 2.05) is 0 Å². The second-order valence-electron chi connectivity index (χ2n) is 4.05. The van der Waals surface area contributed by atoms with Crippen molar-refractivity contribution in [1.82, 2.24) is 10.3 Å². The maximum atomic E-state index is 11.6. The highest BCUT2D eigenvalue weighted by Crippen LogP contribution is 2.08. The maximum absolute atomic E-state index is 11.6. The molecule has 0 aliphatic heterocycles. The minimum absolute atomic E-state index is 0.117.